The van der Waals surface area contributed by atoms with Crippen LogP contribution in [0.4, 0.5) is 13.2 Å². The van der Waals surface area contributed by atoms with E-state index in [1.54, 1.807) is 24.3 Å². The van der Waals surface area contributed by atoms with Gasteiger partial charge in [-0.25, -0.2) is 4.79 Å². The van der Waals surface area contributed by atoms with Crippen molar-refractivity contribution in [2.75, 3.05) is 19.5 Å². The van der Waals surface area contributed by atoms with Crippen LogP contribution in [0.5, 0.6) is 5.75 Å². The molecule has 0 spiro atoms. The highest BCUT2D eigenvalue weighted by Crippen LogP contribution is 2.43. The Morgan fingerprint density at radius 2 is 1.75 bits per heavy atom. The number of ether oxygens (including phenoxy) is 2. The van der Waals surface area contributed by atoms with E-state index in [0.29, 0.717) is 23.5 Å². The molecule has 3 rings (SSSR count). The summed E-state index contributed by atoms with van der Waals surface area (Å²) in [6.45, 7) is 2.64. The van der Waals surface area contributed by atoms with Gasteiger partial charge in [-0.15, -0.1) is 11.8 Å². The van der Waals surface area contributed by atoms with Gasteiger partial charge in [0.2, 0.25) is 0 Å². The number of carbonyl (C=O) groups is 2. The average molecular weight is 468 g/mol. The molecular weight excluding hydrogens is 443 g/mol. The molecule has 5 nitrogen and oxygen atoms in total. The molecule has 2 aromatic carbocycles. The van der Waals surface area contributed by atoms with E-state index in [4.69, 9.17) is 9.47 Å². The summed E-state index contributed by atoms with van der Waals surface area (Å²) < 4.78 is 49.3. The highest BCUT2D eigenvalue weighted by atomic mass is 32.2. The Morgan fingerprint density at radius 1 is 1.09 bits per heavy atom. The van der Waals surface area contributed by atoms with E-state index in [1.807, 2.05) is 0 Å². The van der Waals surface area contributed by atoms with E-state index in [9.17, 15) is 22.8 Å². The maximum absolute atomic E-state index is 13.3. The molecule has 0 bridgehead atoms. The fourth-order valence-electron chi connectivity index (χ4n) is 3.34. The topological polar surface area (TPSA) is 55.8 Å². The van der Waals surface area contributed by atoms with Gasteiger partial charge >= 0.3 is 12.1 Å². The molecule has 0 N–H and O–H groups in total. The molecular formula is C23H24F3NO4S. The van der Waals surface area contributed by atoms with Gasteiger partial charge in [0.25, 0.3) is 5.91 Å². The van der Waals surface area contributed by atoms with Crippen LogP contribution in [0.1, 0.15) is 46.6 Å². The second-order valence-corrected chi connectivity index (χ2v) is 8.40. The minimum Gasteiger partial charge on any atom is -0.494 e. The summed E-state index contributed by atoms with van der Waals surface area (Å²) in [5.41, 5.74) is 0.0775. The normalized spacial score (nSPS) is 18.5. The van der Waals surface area contributed by atoms with E-state index in [1.165, 1.54) is 35.9 Å². The number of alkyl halides is 3. The van der Waals surface area contributed by atoms with Crippen molar-refractivity contribution in [3.05, 3.63) is 65.2 Å². The van der Waals surface area contributed by atoms with Crippen molar-refractivity contribution in [2.45, 2.75) is 37.4 Å². The number of hydrogen-bond acceptors (Lipinski definition) is 5. The first-order chi connectivity index (χ1) is 15.3. The van der Waals surface area contributed by atoms with Crippen molar-refractivity contribution in [3.63, 3.8) is 0 Å². The predicted octanol–water partition coefficient (Wildman–Crippen LogP) is 5.31. The van der Waals surface area contributed by atoms with Gasteiger partial charge in [-0.05, 0) is 48.4 Å². The largest absolute Gasteiger partial charge is 0.494 e. The van der Waals surface area contributed by atoms with Gasteiger partial charge in [0.15, 0.2) is 0 Å². The molecule has 1 amide bonds. The molecule has 0 radical (unpaired) electrons. The third-order valence-electron chi connectivity index (χ3n) is 5.10. The van der Waals surface area contributed by atoms with Crippen LogP contribution >= 0.6 is 11.8 Å². The summed E-state index contributed by atoms with van der Waals surface area (Å²) in [6.07, 6.45) is -2.53. The molecule has 1 saturated heterocycles. The van der Waals surface area contributed by atoms with Crippen LogP contribution in [-0.4, -0.2) is 42.3 Å². The zero-order valence-electron chi connectivity index (χ0n) is 17.7. The summed E-state index contributed by atoms with van der Waals surface area (Å²) in [6, 6.07) is 10.4. The van der Waals surface area contributed by atoms with Crippen molar-refractivity contribution >= 4 is 23.6 Å². The van der Waals surface area contributed by atoms with Crippen molar-refractivity contribution in [1.82, 2.24) is 4.90 Å². The zero-order chi connectivity index (χ0) is 23.3. The quantitative estimate of drug-likeness (QED) is 0.408. The Morgan fingerprint density at radius 3 is 2.31 bits per heavy atom. The number of benzene rings is 2. The lowest BCUT2D eigenvalue weighted by atomic mass is 10.1. The number of carbonyl (C=O) groups excluding carboxylic acids is 2. The lowest BCUT2D eigenvalue weighted by molar-refractivity contribution is -0.145. The smallest absolute Gasteiger partial charge is 0.416 e. The molecule has 0 aliphatic carbocycles. The van der Waals surface area contributed by atoms with Gasteiger partial charge in [-0.3, -0.25) is 4.79 Å². The molecule has 9 heteroatoms. The summed E-state index contributed by atoms with van der Waals surface area (Å²) in [7, 11) is 1.24. The molecule has 2 unspecified atom stereocenters. The molecule has 2 aromatic rings. The number of esters is 1. The number of nitrogens with zero attached hydrogens (tertiary/aromatic N) is 1. The van der Waals surface area contributed by atoms with Crippen molar-refractivity contribution < 1.29 is 32.2 Å². The third-order valence-corrected chi connectivity index (χ3v) is 6.42. The van der Waals surface area contributed by atoms with E-state index in [-0.39, 0.29) is 5.75 Å². The third kappa shape index (κ3) is 5.38. The first-order valence-corrected chi connectivity index (χ1v) is 11.2. The standard InChI is InChI=1S/C23H24F3NO4S/c1-3-4-13-31-18-11-7-15(8-12-18)20(28)27-19(22(29)30-2)14-32-21(27)16-5-9-17(10-6-16)23(24,25)26/h5-12,19,21H,3-4,13-14H2,1-2H3. The monoisotopic (exact) mass is 467 g/mol. The zero-order valence-corrected chi connectivity index (χ0v) is 18.5. The van der Waals surface area contributed by atoms with Crippen LogP contribution in [0.15, 0.2) is 48.5 Å². The van der Waals surface area contributed by atoms with E-state index < -0.39 is 35.0 Å². The fraction of sp³-hybridized carbons (Fsp3) is 0.391. The number of methoxy groups -OCH3 is 1. The van der Waals surface area contributed by atoms with Crippen LogP contribution in [0.3, 0.4) is 0 Å². The van der Waals surface area contributed by atoms with Crippen LogP contribution in [0.25, 0.3) is 0 Å². The Balaban J connectivity index is 1.86. The van der Waals surface area contributed by atoms with Crippen LogP contribution < -0.4 is 4.74 Å². The molecule has 1 aliphatic rings. The average Bonchev–Trinajstić information content (AvgIpc) is 3.23. The minimum absolute atomic E-state index is 0.280. The summed E-state index contributed by atoms with van der Waals surface area (Å²) in [4.78, 5) is 27.0. The van der Waals surface area contributed by atoms with Crippen LogP contribution in [0, 0.1) is 0 Å². The number of unbranched alkanes of at least 4 members (excludes halogenated alkanes) is 1. The summed E-state index contributed by atoms with van der Waals surface area (Å²) in [5.74, 6) is -0.0627. The van der Waals surface area contributed by atoms with Crippen molar-refractivity contribution in [1.29, 1.82) is 0 Å². The lowest BCUT2D eigenvalue weighted by Gasteiger charge is -2.28. The number of thioether (sulfide) groups is 1. The van der Waals surface area contributed by atoms with E-state index in [2.05, 4.69) is 6.92 Å². The highest BCUT2D eigenvalue weighted by molar-refractivity contribution is 7.99. The molecule has 32 heavy (non-hydrogen) atoms. The van der Waals surface area contributed by atoms with Crippen LogP contribution in [-0.2, 0) is 15.7 Å². The Labute approximate surface area is 188 Å². The Hall–Kier alpha value is -2.68. The number of hydrogen-bond donors (Lipinski definition) is 0. The van der Waals surface area contributed by atoms with Gasteiger partial charge < -0.3 is 14.4 Å². The van der Waals surface area contributed by atoms with Gasteiger partial charge in [0.05, 0.1) is 19.3 Å². The van der Waals surface area contributed by atoms with Gasteiger partial charge in [0, 0.05) is 11.3 Å². The number of halogens is 3. The SMILES string of the molecule is CCCCOc1ccc(C(=O)N2C(C(=O)OC)CSC2c2ccc(C(F)(F)F)cc2)cc1. The molecule has 1 heterocycles. The first-order valence-electron chi connectivity index (χ1n) is 10.2. The van der Waals surface area contributed by atoms with Crippen LogP contribution in [0.2, 0.25) is 0 Å². The first kappa shape index (κ1) is 24.0. The maximum atomic E-state index is 13.3. The second kappa shape index (κ2) is 10.3. The number of amides is 1. The van der Waals surface area contributed by atoms with Gasteiger partial charge in [0.1, 0.15) is 17.2 Å². The highest BCUT2D eigenvalue weighted by Gasteiger charge is 2.43. The van der Waals surface area contributed by atoms with E-state index >= 15 is 0 Å². The minimum atomic E-state index is -4.45. The second-order valence-electron chi connectivity index (χ2n) is 7.28. The predicted molar refractivity (Wildman–Crippen MR) is 115 cm³/mol. The molecule has 2 atom stereocenters. The summed E-state index contributed by atoms with van der Waals surface area (Å²) >= 11 is 1.31. The fourth-order valence-corrected chi connectivity index (χ4v) is 4.76. The Bertz CT molecular complexity index is 932. The summed E-state index contributed by atoms with van der Waals surface area (Å²) in [5, 5.41) is -0.616. The van der Waals surface area contributed by atoms with E-state index in [0.717, 1.165) is 25.0 Å². The lowest BCUT2D eigenvalue weighted by Crippen LogP contribution is -2.43. The Kier molecular flexibility index (Phi) is 7.71. The van der Waals surface area contributed by atoms with Gasteiger partial charge in [-0.1, -0.05) is 25.5 Å². The molecule has 1 aliphatic heterocycles. The molecule has 172 valence electrons. The van der Waals surface area contributed by atoms with Gasteiger partial charge in [-0.2, -0.15) is 13.2 Å². The molecule has 0 aromatic heterocycles. The molecule has 1 fully saturated rings. The van der Waals surface area contributed by atoms with Crippen molar-refractivity contribution in [2.24, 2.45) is 0 Å². The maximum Gasteiger partial charge on any atom is 0.416 e. The number of rotatable bonds is 7. The molecule has 0 saturated carbocycles. The van der Waals surface area contributed by atoms with Crippen molar-refractivity contribution in [3.8, 4) is 5.75 Å².